The van der Waals surface area contributed by atoms with E-state index in [1.165, 1.54) is 0 Å². The molecule has 1 amide bonds. The first kappa shape index (κ1) is 14.3. The van der Waals surface area contributed by atoms with Crippen molar-refractivity contribution in [3.05, 3.63) is 0 Å². The highest BCUT2D eigenvalue weighted by atomic mass is 16.6. The van der Waals surface area contributed by atoms with Gasteiger partial charge in [0.1, 0.15) is 5.60 Å². The molecule has 0 unspecified atom stereocenters. The summed E-state index contributed by atoms with van der Waals surface area (Å²) < 4.78 is 5.36. The van der Waals surface area contributed by atoms with Gasteiger partial charge in [-0.1, -0.05) is 6.92 Å². The van der Waals surface area contributed by atoms with Gasteiger partial charge in [-0.3, -0.25) is 0 Å². The summed E-state index contributed by atoms with van der Waals surface area (Å²) in [6.07, 6.45) is 2.06. The van der Waals surface area contributed by atoms with Gasteiger partial charge < -0.3 is 15.0 Å². The van der Waals surface area contributed by atoms with Gasteiger partial charge in [-0.15, -0.1) is 0 Å². The lowest BCUT2D eigenvalue weighted by molar-refractivity contribution is 0.0288. The Balaban J connectivity index is 2.27. The van der Waals surface area contributed by atoms with Gasteiger partial charge in [0, 0.05) is 13.1 Å². The van der Waals surface area contributed by atoms with Crippen LogP contribution < -0.4 is 5.32 Å². The van der Waals surface area contributed by atoms with Gasteiger partial charge in [0.05, 0.1) is 0 Å². The molecular formula is C13H26N2O2. The van der Waals surface area contributed by atoms with Crippen molar-refractivity contribution in [3.8, 4) is 0 Å². The minimum absolute atomic E-state index is 0.171. The molecule has 1 N–H and O–H groups in total. The number of carbonyl (C=O) groups is 1. The van der Waals surface area contributed by atoms with Crippen LogP contribution in [-0.2, 0) is 4.74 Å². The lowest BCUT2D eigenvalue weighted by Crippen LogP contribution is -2.36. The first-order valence-electron chi connectivity index (χ1n) is 6.61. The minimum atomic E-state index is -0.393. The molecule has 4 nitrogen and oxygen atoms in total. The van der Waals surface area contributed by atoms with Gasteiger partial charge >= 0.3 is 6.09 Å². The largest absolute Gasteiger partial charge is 0.444 e. The molecular weight excluding hydrogens is 216 g/mol. The van der Waals surface area contributed by atoms with Crippen LogP contribution in [0.1, 0.15) is 40.5 Å². The maximum Gasteiger partial charge on any atom is 0.410 e. The van der Waals surface area contributed by atoms with E-state index in [9.17, 15) is 4.79 Å². The second kappa shape index (κ2) is 6.24. The van der Waals surface area contributed by atoms with E-state index in [1.54, 1.807) is 0 Å². The minimum Gasteiger partial charge on any atom is -0.444 e. The molecule has 1 fully saturated rings. The molecule has 0 saturated carbocycles. The van der Waals surface area contributed by atoms with E-state index >= 15 is 0 Å². The fourth-order valence-corrected chi connectivity index (χ4v) is 1.97. The standard InChI is InChI=1S/C13H26N2O2/c1-5-7-14-9-11-6-8-15(10-11)12(16)17-13(2,3)4/h11,14H,5-10H2,1-4H3/t11-/m0/s1. The van der Waals surface area contributed by atoms with E-state index in [2.05, 4.69) is 12.2 Å². The van der Waals surface area contributed by atoms with Crippen molar-refractivity contribution in [2.24, 2.45) is 5.92 Å². The first-order valence-corrected chi connectivity index (χ1v) is 6.61. The van der Waals surface area contributed by atoms with E-state index in [0.717, 1.165) is 39.0 Å². The van der Waals surface area contributed by atoms with Crippen molar-refractivity contribution >= 4 is 6.09 Å². The number of hydrogen-bond acceptors (Lipinski definition) is 3. The van der Waals surface area contributed by atoms with Crippen LogP contribution in [0.4, 0.5) is 4.79 Å². The Morgan fingerprint density at radius 1 is 1.47 bits per heavy atom. The zero-order valence-electron chi connectivity index (χ0n) is 11.6. The Bertz CT molecular complexity index is 248. The molecule has 1 aliphatic rings. The quantitative estimate of drug-likeness (QED) is 0.769. The third kappa shape index (κ3) is 5.39. The third-order valence-corrected chi connectivity index (χ3v) is 2.80. The molecule has 1 rings (SSSR count). The fraction of sp³-hybridized carbons (Fsp3) is 0.923. The van der Waals surface area contributed by atoms with Crippen molar-refractivity contribution in [3.63, 3.8) is 0 Å². The molecule has 17 heavy (non-hydrogen) atoms. The van der Waals surface area contributed by atoms with E-state index in [4.69, 9.17) is 4.74 Å². The number of likely N-dealkylation sites (tertiary alicyclic amines) is 1. The Morgan fingerprint density at radius 2 is 2.18 bits per heavy atom. The number of amides is 1. The fourth-order valence-electron chi connectivity index (χ4n) is 1.97. The molecule has 0 aromatic rings. The summed E-state index contributed by atoms with van der Waals surface area (Å²) in [5.41, 5.74) is -0.393. The highest BCUT2D eigenvalue weighted by molar-refractivity contribution is 5.68. The van der Waals surface area contributed by atoms with Crippen LogP contribution in [0.3, 0.4) is 0 Å². The van der Waals surface area contributed by atoms with E-state index < -0.39 is 5.60 Å². The molecule has 0 aromatic carbocycles. The maximum atomic E-state index is 11.8. The SMILES string of the molecule is CCCNC[C@@H]1CCN(C(=O)OC(C)(C)C)C1. The van der Waals surface area contributed by atoms with Crippen molar-refractivity contribution in [1.82, 2.24) is 10.2 Å². The number of nitrogens with one attached hydrogen (secondary N) is 1. The molecule has 100 valence electrons. The Morgan fingerprint density at radius 3 is 2.76 bits per heavy atom. The summed E-state index contributed by atoms with van der Waals surface area (Å²) in [4.78, 5) is 13.6. The van der Waals surface area contributed by atoms with E-state index in [0.29, 0.717) is 5.92 Å². The summed E-state index contributed by atoms with van der Waals surface area (Å²) >= 11 is 0. The number of ether oxygens (including phenoxy) is 1. The maximum absolute atomic E-state index is 11.8. The monoisotopic (exact) mass is 242 g/mol. The molecule has 0 bridgehead atoms. The van der Waals surface area contributed by atoms with Crippen LogP contribution in [0.2, 0.25) is 0 Å². The highest BCUT2D eigenvalue weighted by Gasteiger charge is 2.29. The average molecular weight is 242 g/mol. The molecule has 0 aromatic heterocycles. The molecule has 1 saturated heterocycles. The van der Waals surface area contributed by atoms with Crippen molar-refractivity contribution in [2.45, 2.75) is 46.1 Å². The zero-order chi connectivity index (χ0) is 12.9. The molecule has 0 spiro atoms. The van der Waals surface area contributed by atoms with Gasteiger partial charge in [0.15, 0.2) is 0 Å². The molecule has 4 heteroatoms. The number of rotatable bonds is 4. The van der Waals surface area contributed by atoms with Gasteiger partial charge in [0.2, 0.25) is 0 Å². The van der Waals surface area contributed by atoms with Gasteiger partial charge in [-0.2, -0.15) is 0 Å². The van der Waals surface area contributed by atoms with Crippen LogP contribution >= 0.6 is 0 Å². The van der Waals surface area contributed by atoms with Crippen LogP contribution in [0.15, 0.2) is 0 Å². The summed E-state index contributed by atoms with van der Waals surface area (Å²) in [6.45, 7) is 11.6. The van der Waals surface area contributed by atoms with Crippen LogP contribution in [0.25, 0.3) is 0 Å². The van der Waals surface area contributed by atoms with Crippen molar-refractivity contribution in [2.75, 3.05) is 26.2 Å². The van der Waals surface area contributed by atoms with Crippen LogP contribution in [0.5, 0.6) is 0 Å². The lowest BCUT2D eigenvalue weighted by Gasteiger charge is -2.24. The van der Waals surface area contributed by atoms with E-state index in [-0.39, 0.29) is 6.09 Å². The summed E-state index contributed by atoms with van der Waals surface area (Å²) in [5.74, 6) is 0.578. The number of nitrogens with zero attached hydrogens (tertiary/aromatic N) is 1. The smallest absolute Gasteiger partial charge is 0.410 e. The van der Waals surface area contributed by atoms with Crippen molar-refractivity contribution < 1.29 is 9.53 Å². The lowest BCUT2D eigenvalue weighted by atomic mass is 10.1. The Labute approximate surface area is 105 Å². The van der Waals surface area contributed by atoms with Crippen LogP contribution in [0, 0.1) is 5.92 Å². The molecule has 1 aliphatic heterocycles. The first-order chi connectivity index (χ1) is 7.92. The zero-order valence-corrected chi connectivity index (χ0v) is 11.6. The van der Waals surface area contributed by atoms with Gasteiger partial charge in [0.25, 0.3) is 0 Å². The summed E-state index contributed by atoms with van der Waals surface area (Å²) in [7, 11) is 0. The number of carbonyl (C=O) groups excluding carboxylic acids is 1. The second-order valence-electron chi connectivity index (χ2n) is 5.79. The molecule has 1 atom stereocenters. The average Bonchev–Trinajstić information content (AvgIpc) is 2.64. The Hall–Kier alpha value is -0.770. The molecule has 0 radical (unpaired) electrons. The Kier molecular flexibility index (Phi) is 5.25. The summed E-state index contributed by atoms with van der Waals surface area (Å²) in [5, 5.41) is 3.41. The molecule has 1 heterocycles. The van der Waals surface area contributed by atoms with Gasteiger partial charge in [-0.25, -0.2) is 4.79 Å². The van der Waals surface area contributed by atoms with Crippen LogP contribution in [-0.4, -0.2) is 42.8 Å². The predicted octanol–water partition coefficient (Wildman–Crippen LogP) is 2.24. The summed E-state index contributed by atoms with van der Waals surface area (Å²) in [6, 6.07) is 0. The molecule has 0 aliphatic carbocycles. The highest BCUT2D eigenvalue weighted by Crippen LogP contribution is 2.18. The predicted molar refractivity (Wildman–Crippen MR) is 69.1 cm³/mol. The topological polar surface area (TPSA) is 41.6 Å². The van der Waals surface area contributed by atoms with E-state index in [1.807, 2.05) is 25.7 Å². The third-order valence-electron chi connectivity index (χ3n) is 2.80. The number of hydrogen-bond donors (Lipinski definition) is 1. The normalized spacial score (nSPS) is 20.7. The van der Waals surface area contributed by atoms with Gasteiger partial charge in [-0.05, 0) is 52.6 Å². The second-order valence-corrected chi connectivity index (χ2v) is 5.79. The van der Waals surface area contributed by atoms with Crippen molar-refractivity contribution in [1.29, 1.82) is 0 Å².